The van der Waals surface area contributed by atoms with Gasteiger partial charge in [-0.15, -0.1) is 6.42 Å². The summed E-state index contributed by atoms with van der Waals surface area (Å²) in [6.07, 6.45) is 6.97. The summed E-state index contributed by atoms with van der Waals surface area (Å²) in [5, 5.41) is 2.91. The molecule has 0 spiro atoms. The fourth-order valence-electron chi connectivity index (χ4n) is 2.32. The Balaban J connectivity index is 2.26. The van der Waals surface area contributed by atoms with Gasteiger partial charge in [-0.1, -0.05) is 25.2 Å². The van der Waals surface area contributed by atoms with E-state index in [2.05, 4.69) is 16.2 Å². The number of terminal acetylenes is 1. The summed E-state index contributed by atoms with van der Waals surface area (Å²) in [4.78, 5) is 3.84. The molecule has 102 valence electrons. The Morgan fingerprint density at radius 2 is 1.95 bits per heavy atom. The van der Waals surface area contributed by atoms with Gasteiger partial charge in [0.15, 0.2) is 0 Å². The van der Waals surface area contributed by atoms with Crippen molar-refractivity contribution in [1.29, 1.82) is 0 Å². The highest BCUT2D eigenvalue weighted by molar-refractivity contribution is 5.50. The number of aromatic nitrogens is 1. The second-order valence-corrected chi connectivity index (χ2v) is 4.74. The number of alkyl halides is 3. The fourth-order valence-corrected chi connectivity index (χ4v) is 2.32. The molecular weight excluding hydrogens is 253 g/mol. The summed E-state index contributed by atoms with van der Waals surface area (Å²) in [5.74, 6) is 2.07. The number of hydrogen-bond acceptors (Lipinski definition) is 2. The number of nitrogens with zero attached hydrogens (tertiary/aromatic N) is 1. The van der Waals surface area contributed by atoms with Gasteiger partial charge in [-0.25, -0.2) is 4.98 Å². The third-order valence-corrected chi connectivity index (χ3v) is 3.31. The normalized spacial score (nSPS) is 16.9. The first-order valence-corrected chi connectivity index (χ1v) is 6.31. The minimum atomic E-state index is -4.45. The SMILES string of the molecule is C#Cc1cnc(NC2CCCCC2)c(C(F)(F)F)c1. The molecule has 0 aromatic carbocycles. The van der Waals surface area contributed by atoms with Crippen molar-refractivity contribution in [3.05, 3.63) is 23.4 Å². The van der Waals surface area contributed by atoms with Crippen molar-refractivity contribution in [3.8, 4) is 12.3 Å². The van der Waals surface area contributed by atoms with Gasteiger partial charge in [0.2, 0.25) is 0 Å². The highest BCUT2D eigenvalue weighted by Crippen LogP contribution is 2.35. The van der Waals surface area contributed by atoms with Gasteiger partial charge in [0.25, 0.3) is 0 Å². The molecule has 1 heterocycles. The zero-order valence-corrected chi connectivity index (χ0v) is 10.4. The number of hydrogen-bond donors (Lipinski definition) is 1. The molecule has 1 aromatic heterocycles. The van der Waals surface area contributed by atoms with Gasteiger partial charge in [0.05, 0.1) is 5.56 Å². The maximum Gasteiger partial charge on any atom is 0.419 e. The molecule has 0 atom stereocenters. The van der Waals surface area contributed by atoms with E-state index in [0.717, 1.165) is 38.2 Å². The zero-order valence-electron chi connectivity index (χ0n) is 10.4. The van der Waals surface area contributed by atoms with Crippen LogP contribution >= 0.6 is 0 Å². The van der Waals surface area contributed by atoms with Crippen molar-refractivity contribution in [1.82, 2.24) is 4.98 Å². The molecule has 2 rings (SSSR count). The van der Waals surface area contributed by atoms with E-state index in [1.54, 1.807) is 0 Å². The predicted molar refractivity (Wildman–Crippen MR) is 67.7 cm³/mol. The Bertz CT molecular complexity index is 482. The Morgan fingerprint density at radius 1 is 1.26 bits per heavy atom. The number of nitrogens with one attached hydrogen (secondary N) is 1. The van der Waals surface area contributed by atoms with E-state index in [1.165, 1.54) is 6.20 Å². The lowest BCUT2D eigenvalue weighted by molar-refractivity contribution is -0.137. The molecule has 1 aliphatic rings. The quantitative estimate of drug-likeness (QED) is 0.825. The van der Waals surface area contributed by atoms with E-state index in [-0.39, 0.29) is 17.4 Å². The van der Waals surface area contributed by atoms with Crippen LogP contribution in [0.15, 0.2) is 12.3 Å². The molecule has 2 nitrogen and oxygen atoms in total. The Hall–Kier alpha value is -1.70. The highest BCUT2D eigenvalue weighted by atomic mass is 19.4. The van der Waals surface area contributed by atoms with Crippen LogP contribution in [0.25, 0.3) is 0 Å². The molecule has 0 aliphatic heterocycles. The lowest BCUT2D eigenvalue weighted by Crippen LogP contribution is -2.25. The van der Waals surface area contributed by atoms with Crippen molar-refractivity contribution >= 4 is 5.82 Å². The first-order valence-electron chi connectivity index (χ1n) is 6.31. The molecular formula is C14H15F3N2. The van der Waals surface area contributed by atoms with E-state index in [0.29, 0.717) is 0 Å². The summed E-state index contributed by atoms with van der Waals surface area (Å²) in [7, 11) is 0. The third-order valence-electron chi connectivity index (χ3n) is 3.31. The summed E-state index contributed by atoms with van der Waals surface area (Å²) >= 11 is 0. The van der Waals surface area contributed by atoms with Gasteiger partial charge >= 0.3 is 6.18 Å². The summed E-state index contributed by atoms with van der Waals surface area (Å²) in [6.45, 7) is 0. The van der Waals surface area contributed by atoms with E-state index >= 15 is 0 Å². The van der Waals surface area contributed by atoms with Gasteiger partial charge in [-0.3, -0.25) is 0 Å². The second-order valence-electron chi connectivity index (χ2n) is 4.74. The van der Waals surface area contributed by atoms with Crippen molar-refractivity contribution in [3.63, 3.8) is 0 Å². The molecule has 19 heavy (non-hydrogen) atoms. The van der Waals surface area contributed by atoms with Gasteiger partial charge in [-0.05, 0) is 18.9 Å². The average Bonchev–Trinajstić information content (AvgIpc) is 2.39. The first-order chi connectivity index (χ1) is 9.00. The van der Waals surface area contributed by atoms with Crippen molar-refractivity contribution < 1.29 is 13.2 Å². The Labute approximate surface area is 110 Å². The van der Waals surface area contributed by atoms with Gasteiger partial charge in [0.1, 0.15) is 5.82 Å². The molecule has 0 saturated heterocycles. The molecule has 0 amide bonds. The Kier molecular flexibility index (Phi) is 3.98. The van der Waals surface area contributed by atoms with Gasteiger partial charge in [-0.2, -0.15) is 13.2 Å². The van der Waals surface area contributed by atoms with Gasteiger partial charge < -0.3 is 5.32 Å². The standard InChI is InChI=1S/C14H15F3N2/c1-2-10-8-12(14(15,16)17)13(18-9-10)19-11-6-4-3-5-7-11/h1,8-9,11H,3-7H2,(H,18,19). The number of pyridine rings is 1. The molecule has 1 aromatic rings. The number of rotatable bonds is 2. The highest BCUT2D eigenvalue weighted by Gasteiger charge is 2.35. The summed E-state index contributed by atoms with van der Waals surface area (Å²) in [6, 6.07) is 1.04. The second kappa shape index (κ2) is 5.52. The Morgan fingerprint density at radius 3 is 2.53 bits per heavy atom. The summed E-state index contributed by atoms with van der Waals surface area (Å²) in [5.41, 5.74) is -0.643. The molecule has 5 heteroatoms. The van der Waals surface area contributed by atoms with Crippen LogP contribution in [-0.2, 0) is 6.18 Å². The lowest BCUT2D eigenvalue weighted by Gasteiger charge is -2.24. The monoisotopic (exact) mass is 268 g/mol. The first kappa shape index (κ1) is 13.7. The molecule has 1 N–H and O–H groups in total. The van der Waals surface area contributed by atoms with Crippen LogP contribution in [-0.4, -0.2) is 11.0 Å². The fraction of sp³-hybridized carbons (Fsp3) is 0.500. The maximum absolute atomic E-state index is 13.0. The number of anilines is 1. The minimum Gasteiger partial charge on any atom is -0.367 e. The molecule has 0 radical (unpaired) electrons. The van der Waals surface area contributed by atoms with E-state index in [4.69, 9.17) is 6.42 Å². The van der Waals surface area contributed by atoms with Crippen molar-refractivity contribution in [2.45, 2.75) is 44.3 Å². The van der Waals surface area contributed by atoms with E-state index < -0.39 is 11.7 Å². The predicted octanol–water partition coefficient (Wildman–Crippen LogP) is 3.83. The number of halogens is 3. The topological polar surface area (TPSA) is 24.9 Å². The largest absolute Gasteiger partial charge is 0.419 e. The third kappa shape index (κ3) is 3.40. The average molecular weight is 268 g/mol. The molecule has 0 bridgehead atoms. The van der Waals surface area contributed by atoms with Crippen molar-refractivity contribution in [2.24, 2.45) is 0 Å². The van der Waals surface area contributed by atoms with Crippen LogP contribution in [0, 0.1) is 12.3 Å². The van der Waals surface area contributed by atoms with Crippen LogP contribution < -0.4 is 5.32 Å². The van der Waals surface area contributed by atoms with Gasteiger partial charge in [0, 0.05) is 17.8 Å². The maximum atomic E-state index is 13.0. The van der Waals surface area contributed by atoms with E-state index in [9.17, 15) is 13.2 Å². The van der Waals surface area contributed by atoms with Crippen LogP contribution in [0.3, 0.4) is 0 Å². The molecule has 1 saturated carbocycles. The van der Waals surface area contributed by atoms with E-state index in [1.807, 2.05) is 0 Å². The lowest BCUT2D eigenvalue weighted by atomic mass is 9.95. The zero-order chi connectivity index (χ0) is 13.9. The van der Waals surface area contributed by atoms with Crippen LogP contribution in [0.4, 0.5) is 19.0 Å². The van der Waals surface area contributed by atoms with Crippen LogP contribution in [0.1, 0.15) is 43.2 Å². The molecule has 0 unspecified atom stereocenters. The van der Waals surface area contributed by atoms with Crippen LogP contribution in [0.2, 0.25) is 0 Å². The smallest absolute Gasteiger partial charge is 0.367 e. The molecule has 1 aliphatic carbocycles. The van der Waals surface area contributed by atoms with Crippen molar-refractivity contribution in [2.75, 3.05) is 5.32 Å². The summed E-state index contributed by atoms with van der Waals surface area (Å²) < 4.78 is 38.9. The molecule has 1 fully saturated rings. The van der Waals surface area contributed by atoms with Crippen LogP contribution in [0.5, 0.6) is 0 Å². The minimum absolute atomic E-state index is 0.0686.